The van der Waals surface area contributed by atoms with E-state index in [1.54, 1.807) is 19.2 Å². The molecule has 1 saturated carbocycles. The standard InChI is InChI=1S/C25H30ClFN6O4S2/c1-13(33(24(34)35)25(2,3)4)12-29-23-28-9-8-17(30-23)21-20(31-22(38-21)14-6-7-14)16-10-15(27)11-18(19(16)26)32-39(5,36)37/h8-11,13-14,32H,6-7,12H2,1-5H3,(H,34,35)(H,28,29,30)/t13-/m0/s1. The van der Waals surface area contributed by atoms with Crippen molar-refractivity contribution in [2.45, 2.75) is 58.0 Å². The van der Waals surface area contributed by atoms with Crippen molar-refractivity contribution in [2.24, 2.45) is 0 Å². The Morgan fingerprint density at radius 1 is 1.31 bits per heavy atom. The van der Waals surface area contributed by atoms with Gasteiger partial charge in [-0.05, 0) is 58.7 Å². The smallest absolute Gasteiger partial charge is 0.408 e. The number of nitrogens with zero attached hydrogens (tertiary/aromatic N) is 4. The molecule has 3 N–H and O–H groups in total. The van der Waals surface area contributed by atoms with Gasteiger partial charge in [-0.25, -0.2) is 32.6 Å². The fraction of sp³-hybridized carbons (Fsp3) is 0.440. The van der Waals surface area contributed by atoms with E-state index < -0.39 is 27.5 Å². The summed E-state index contributed by atoms with van der Waals surface area (Å²) in [5.41, 5.74) is 0.475. The Kier molecular flexibility index (Phi) is 8.06. The molecule has 14 heteroatoms. The number of nitrogens with one attached hydrogen (secondary N) is 2. The molecular weight excluding hydrogens is 567 g/mol. The Balaban J connectivity index is 1.70. The molecule has 2 heterocycles. The predicted molar refractivity (Wildman–Crippen MR) is 152 cm³/mol. The van der Waals surface area contributed by atoms with E-state index in [-0.39, 0.29) is 34.8 Å². The van der Waals surface area contributed by atoms with Gasteiger partial charge in [-0.1, -0.05) is 11.6 Å². The van der Waals surface area contributed by atoms with Crippen molar-refractivity contribution in [2.75, 3.05) is 22.8 Å². The fourth-order valence-electron chi connectivity index (χ4n) is 4.27. The lowest BCUT2D eigenvalue weighted by molar-refractivity contribution is 0.0789. The molecular formula is C25H30ClFN6O4S2. The second-order valence-corrected chi connectivity index (χ2v) is 13.7. The molecule has 0 radical (unpaired) electrons. The van der Waals surface area contributed by atoms with Crippen molar-refractivity contribution in [3.63, 3.8) is 0 Å². The van der Waals surface area contributed by atoms with Crippen molar-refractivity contribution in [3.8, 4) is 21.8 Å². The molecule has 2 aromatic heterocycles. The van der Waals surface area contributed by atoms with Gasteiger partial charge < -0.3 is 10.4 Å². The van der Waals surface area contributed by atoms with Crippen LogP contribution in [0.2, 0.25) is 5.02 Å². The van der Waals surface area contributed by atoms with Crippen molar-refractivity contribution in [1.29, 1.82) is 0 Å². The van der Waals surface area contributed by atoms with Gasteiger partial charge in [0.15, 0.2) is 0 Å². The molecule has 0 saturated heterocycles. The molecule has 1 fully saturated rings. The Bertz CT molecular complexity index is 1500. The molecule has 1 atom stereocenters. The summed E-state index contributed by atoms with van der Waals surface area (Å²) in [5.74, 6) is -0.0906. The molecule has 1 amide bonds. The van der Waals surface area contributed by atoms with Crippen LogP contribution in [0.15, 0.2) is 24.4 Å². The van der Waals surface area contributed by atoms with Crippen LogP contribution in [-0.2, 0) is 10.0 Å². The van der Waals surface area contributed by atoms with Gasteiger partial charge in [0.1, 0.15) is 5.82 Å². The number of rotatable bonds is 9. The highest BCUT2D eigenvalue weighted by molar-refractivity contribution is 7.92. The molecule has 0 spiro atoms. The first-order valence-corrected chi connectivity index (χ1v) is 15.3. The summed E-state index contributed by atoms with van der Waals surface area (Å²) in [7, 11) is -3.70. The Hall–Kier alpha value is -3.03. The van der Waals surface area contributed by atoms with E-state index in [2.05, 4.69) is 20.0 Å². The summed E-state index contributed by atoms with van der Waals surface area (Å²) in [5, 5.41) is 13.7. The van der Waals surface area contributed by atoms with Crippen LogP contribution in [0.5, 0.6) is 0 Å². The van der Waals surface area contributed by atoms with Crippen LogP contribution < -0.4 is 10.0 Å². The van der Waals surface area contributed by atoms with Crippen LogP contribution >= 0.6 is 22.9 Å². The number of halogens is 2. The van der Waals surface area contributed by atoms with Gasteiger partial charge in [-0.3, -0.25) is 9.62 Å². The second kappa shape index (κ2) is 10.9. The van der Waals surface area contributed by atoms with Crippen molar-refractivity contribution >= 4 is 50.7 Å². The van der Waals surface area contributed by atoms with E-state index in [1.807, 2.05) is 20.8 Å². The quantitative estimate of drug-likeness (QED) is 0.278. The summed E-state index contributed by atoms with van der Waals surface area (Å²) < 4.78 is 40.5. The number of hydrogen-bond donors (Lipinski definition) is 3. The molecule has 210 valence electrons. The molecule has 1 aliphatic carbocycles. The van der Waals surface area contributed by atoms with Gasteiger partial charge in [0, 0.05) is 29.8 Å². The molecule has 0 bridgehead atoms. The van der Waals surface area contributed by atoms with Gasteiger partial charge in [0.25, 0.3) is 0 Å². The van der Waals surface area contributed by atoms with Crippen LogP contribution in [0.4, 0.5) is 20.8 Å². The van der Waals surface area contributed by atoms with E-state index in [0.717, 1.165) is 30.2 Å². The Labute approximate surface area is 235 Å². The summed E-state index contributed by atoms with van der Waals surface area (Å²) in [6.45, 7) is 7.55. The monoisotopic (exact) mass is 596 g/mol. The number of carboxylic acid groups (broad SMARTS) is 1. The Morgan fingerprint density at radius 3 is 2.59 bits per heavy atom. The van der Waals surface area contributed by atoms with E-state index in [9.17, 15) is 22.7 Å². The Morgan fingerprint density at radius 2 is 2.00 bits per heavy atom. The largest absolute Gasteiger partial charge is 0.465 e. The van der Waals surface area contributed by atoms with Gasteiger partial charge in [0.05, 0.1) is 44.3 Å². The third-order valence-corrected chi connectivity index (χ3v) is 8.21. The van der Waals surface area contributed by atoms with E-state index >= 15 is 0 Å². The fourth-order valence-corrected chi connectivity index (χ4v) is 6.35. The molecule has 4 rings (SSSR count). The van der Waals surface area contributed by atoms with Gasteiger partial charge in [0.2, 0.25) is 16.0 Å². The average molecular weight is 597 g/mol. The third kappa shape index (κ3) is 6.95. The van der Waals surface area contributed by atoms with Crippen molar-refractivity contribution in [3.05, 3.63) is 40.2 Å². The van der Waals surface area contributed by atoms with E-state index in [0.29, 0.717) is 22.2 Å². The van der Waals surface area contributed by atoms with Crippen molar-refractivity contribution < 1.29 is 22.7 Å². The zero-order valence-electron chi connectivity index (χ0n) is 22.1. The SMILES string of the molecule is C[C@@H](CNc1nccc(-c2sc(C3CC3)nc2-c2cc(F)cc(NS(C)(=O)=O)c2Cl)n1)N(C(=O)O)C(C)(C)C. The maximum Gasteiger partial charge on any atom is 0.408 e. The first-order chi connectivity index (χ1) is 18.1. The third-order valence-electron chi connectivity index (χ3n) is 5.97. The number of amides is 1. The number of thiazole rings is 1. The molecule has 1 aromatic carbocycles. The number of sulfonamides is 1. The van der Waals surface area contributed by atoms with Crippen molar-refractivity contribution in [1.82, 2.24) is 19.9 Å². The highest BCUT2D eigenvalue weighted by Gasteiger charge is 2.32. The summed E-state index contributed by atoms with van der Waals surface area (Å²) in [4.78, 5) is 27.5. The van der Waals surface area contributed by atoms with Crippen LogP contribution in [-0.4, -0.2) is 63.9 Å². The highest BCUT2D eigenvalue weighted by atomic mass is 35.5. The maximum atomic E-state index is 14.6. The van der Waals surface area contributed by atoms with Crippen LogP contribution in [0, 0.1) is 5.82 Å². The number of carbonyl (C=O) groups is 1. The summed E-state index contributed by atoms with van der Waals surface area (Å²) in [6, 6.07) is 3.57. The lowest BCUT2D eigenvalue weighted by atomic mass is 10.0. The lowest BCUT2D eigenvalue weighted by Crippen LogP contribution is -2.52. The van der Waals surface area contributed by atoms with Crippen LogP contribution in [0.3, 0.4) is 0 Å². The maximum absolute atomic E-state index is 14.6. The number of hydrogen-bond acceptors (Lipinski definition) is 8. The minimum Gasteiger partial charge on any atom is -0.465 e. The van der Waals surface area contributed by atoms with Gasteiger partial charge >= 0.3 is 6.09 Å². The number of benzene rings is 1. The molecule has 0 unspecified atom stereocenters. The summed E-state index contributed by atoms with van der Waals surface area (Å²) >= 11 is 7.99. The van der Waals surface area contributed by atoms with Crippen LogP contribution in [0.25, 0.3) is 21.8 Å². The lowest BCUT2D eigenvalue weighted by Gasteiger charge is -2.38. The first kappa shape index (κ1) is 29.0. The second-order valence-electron chi connectivity index (χ2n) is 10.5. The number of aromatic nitrogens is 3. The molecule has 0 aliphatic heterocycles. The molecule has 3 aromatic rings. The normalized spacial score (nSPS) is 14.6. The molecule has 39 heavy (non-hydrogen) atoms. The van der Waals surface area contributed by atoms with Gasteiger partial charge in [-0.2, -0.15) is 0 Å². The number of anilines is 2. The van der Waals surface area contributed by atoms with Gasteiger partial charge in [-0.15, -0.1) is 11.3 Å². The first-order valence-electron chi connectivity index (χ1n) is 12.2. The predicted octanol–water partition coefficient (Wildman–Crippen LogP) is 5.89. The highest BCUT2D eigenvalue weighted by Crippen LogP contribution is 2.48. The average Bonchev–Trinajstić information content (AvgIpc) is 3.56. The van der Waals surface area contributed by atoms with E-state index in [1.165, 1.54) is 22.3 Å². The minimum atomic E-state index is -3.70. The van der Waals surface area contributed by atoms with Crippen LogP contribution in [0.1, 0.15) is 51.5 Å². The topological polar surface area (TPSA) is 137 Å². The summed E-state index contributed by atoms with van der Waals surface area (Å²) in [6.07, 6.45) is 3.49. The zero-order chi connectivity index (χ0) is 28.7. The molecule has 1 aliphatic rings. The molecule has 10 nitrogen and oxygen atoms in total. The minimum absolute atomic E-state index is 0.0212. The zero-order valence-corrected chi connectivity index (χ0v) is 24.5. The van der Waals surface area contributed by atoms with E-state index in [4.69, 9.17) is 16.6 Å².